The second-order valence-electron chi connectivity index (χ2n) is 6.16. The summed E-state index contributed by atoms with van der Waals surface area (Å²) in [4.78, 5) is 0. The molecule has 0 spiro atoms. The van der Waals surface area contributed by atoms with E-state index in [1.54, 1.807) is 20.4 Å². The Hall–Kier alpha value is -3.05. The third-order valence-electron chi connectivity index (χ3n) is 4.55. The minimum atomic E-state index is 0.671. The number of hydrogen-bond acceptors (Lipinski definition) is 3. The Balaban J connectivity index is 2.14. The Kier molecular flexibility index (Phi) is 4.46. The van der Waals surface area contributed by atoms with Crippen molar-refractivity contribution in [1.29, 1.82) is 0 Å². The number of hydrogen-bond donors (Lipinski definition) is 0. The first-order valence-electron chi connectivity index (χ1n) is 8.44. The van der Waals surface area contributed by atoms with Gasteiger partial charge in [-0.2, -0.15) is 4.57 Å². The quantitative estimate of drug-likeness (QED) is 0.500. The highest BCUT2D eigenvalue weighted by Gasteiger charge is 2.22. The van der Waals surface area contributed by atoms with E-state index in [0.29, 0.717) is 16.5 Å². The van der Waals surface area contributed by atoms with Gasteiger partial charge in [-0.05, 0) is 54.8 Å². The first-order chi connectivity index (χ1) is 13.1. The number of pyridine rings is 1. The molecule has 0 aliphatic heterocycles. The van der Waals surface area contributed by atoms with Crippen LogP contribution in [0.1, 0.15) is 5.69 Å². The summed E-state index contributed by atoms with van der Waals surface area (Å²) in [6.45, 7) is 2.05. The highest BCUT2D eigenvalue weighted by Crippen LogP contribution is 2.36. The summed E-state index contributed by atoms with van der Waals surface area (Å²) in [6.07, 6.45) is 1.69. The van der Waals surface area contributed by atoms with Crippen LogP contribution in [0.2, 0.25) is 5.02 Å². The minimum Gasteiger partial charge on any atom is -0.493 e. The summed E-state index contributed by atoms with van der Waals surface area (Å²) in [6, 6.07) is 15.7. The Labute approximate surface area is 162 Å². The predicted molar refractivity (Wildman–Crippen MR) is 105 cm³/mol. The fraction of sp³-hybridized carbons (Fsp3) is 0.143. The van der Waals surface area contributed by atoms with Crippen molar-refractivity contribution >= 4 is 22.4 Å². The Morgan fingerprint density at radius 3 is 2.30 bits per heavy atom. The summed E-state index contributed by atoms with van der Waals surface area (Å²) in [7, 11) is 3.27. The molecule has 4 aromatic rings. The van der Waals surface area contributed by atoms with Crippen LogP contribution >= 0.6 is 11.6 Å². The number of halogens is 1. The molecule has 0 atom stereocenters. The van der Waals surface area contributed by atoms with Gasteiger partial charge in [0.25, 0.3) is 0 Å². The van der Waals surface area contributed by atoms with Crippen molar-refractivity contribution in [2.24, 2.45) is 0 Å². The van der Waals surface area contributed by atoms with Crippen molar-refractivity contribution in [2.45, 2.75) is 6.92 Å². The molecule has 0 bridgehead atoms. The van der Waals surface area contributed by atoms with Gasteiger partial charge in [0.15, 0.2) is 11.5 Å². The number of benzene rings is 2. The topological polar surface area (TPSA) is 49.3 Å². The van der Waals surface area contributed by atoms with Crippen LogP contribution in [0.4, 0.5) is 0 Å². The molecule has 27 heavy (non-hydrogen) atoms. The maximum atomic E-state index is 6.11. The summed E-state index contributed by atoms with van der Waals surface area (Å²) < 4.78 is 13.1. The average Bonchev–Trinajstić information content (AvgIpc) is 3.21. The number of aryl methyl sites for hydroxylation is 1. The third-order valence-corrected chi connectivity index (χ3v) is 4.80. The number of ether oxygens (including phenoxy) is 2. The smallest absolute Gasteiger partial charge is 0.311 e. The van der Waals surface area contributed by atoms with Gasteiger partial charge in [-0.1, -0.05) is 11.6 Å². The molecule has 2 aromatic heterocycles. The molecule has 4 rings (SSSR count). The van der Waals surface area contributed by atoms with E-state index >= 15 is 0 Å². The molecule has 2 heterocycles. The zero-order chi connectivity index (χ0) is 19.0. The van der Waals surface area contributed by atoms with Crippen molar-refractivity contribution in [3.05, 3.63) is 65.4 Å². The molecule has 0 unspecified atom stereocenters. The molecule has 0 saturated carbocycles. The molecule has 0 aliphatic rings. The summed E-state index contributed by atoms with van der Waals surface area (Å²) in [5.74, 6) is 2.12. The summed E-state index contributed by atoms with van der Waals surface area (Å²) in [5, 5.41) is 11.0. The molecule has 0 radical (unpaired) electrons. The second kappa shape index (κ2) is 6.93. The van der Waals surface area contributed by atoms with E-state index < -0.39 is 0 Å². The van der Waals surface area contributed by atoms with E-state index in [1.165, 1.54) is 0 Å². The summed E-state index contributed by atoms with van der Waals surface area (Å²) in [5.41, 5.74) is 3.03. The monoisotopic (exact) mass is 379 g/mol. The van der Waals surface area contributed by atoms with Gasteiger partial charge >= 0.3 is 5.82 Å². The highest BCUT2D eigenvalue weighted by atomic mass is 35.5. The Morgan fingerprint density at radius 1 is 0.963 bits per heavy atom. The van der Waals surface area contributed by atoms with Crippen molar-refractivity contribution in [2.75, 3.05) is 14.2 Å². The van der Waals surface area contributed by atoms with E-state index in [0.717, 1.165) is 33.5 Å². The van der Waals surface area contributed by atoms with Crippen LogP contribution in [0.25, 0.3) is 27.8 Å². The normalized spacial score (nSPS) is 11.0. The number of aromatic nitrogens is 3. The number of methoxy groups -OCH3 is 2. The van der Waals surface area contributed by atoms with E-state index in [4.69, 9.17) is 21.1 Å². The van der Waals surface area contributed by atoms with Crippen LogP contribution in [-0.2, 0) is 0 Å². The van der Waals surface area contributed by atoms with E-state index in [-0.39, 0.29) is 0 Å². The van der Waals surface area contributed by atoms with Crippen molar-refractivity contribution < 1.29 is 14.0 Å². The maximum absolute atomic E-state index is 6.11. The Morgan fingerprint density at radius 2 is 1.67 bits per heavy atom. The SMILES string of the molecule is COc1cc2cc(C)[n+](-c3cc[n-]n3)c(-c3ccc(Cl)cc3)c2cc1OC. The fourth-order valence-electron chi connectivity index (χ4n) is 3.34. The molecule has 2 aromatic carbocycles. The number of fused-ring (bicyclic) bond motifs is 1. The molecule has 0 N–H and O–H groups in total. The lowest BCUT2D eigenvalue weighted by Crippen LogP contribution is -2.37. The third kappa shape index (κ3) is 3.00. The molecular weight excluding hydrogens is 362 g/mol. The zero-order valence-electron chi connectivity index (χ0n) is 15.2. The van der Waals surface area contributed by atoms with Crippen molar-refractivity contribution in [3.63, 3.8) is 0 Å². The van der Waals surface area contributed by atoms with Gasteiger partial charge < -0.3 is 14.6 Å². The standard InChI is InChI=1S/C21H18ClN3O2/c1-13-10-15-11-18(26-2)19(27-3)12-17(15)21(14-4-6-16(22)7-5-14)25(13)20-8-9-23-24-20/h4-12H,1-3H3. The van der Waals surface area contributed by atoms with E-state index in [2.05, 4.69) is 20.8 Å². The first-order valence-corrected chi connectivity index (χ1v) is 8.82. The molecule has 0 saturated heterocycles. The van der Waals surface area contributed by atoms with Crippen LogP contribution < -0.4 is 19.1 Å². The number of nitrogens with zero attached hydrogens (tertiary/aromatic N) is 3. The van der Waals surface area contributed by atoms with Crippen LogP contribution in [-0.4, -0.2) is 19.3 Å². The van der Waals surface area contributed by atoms with Gasteiger partial charge in [-0.3, -0.25) is 0 Å². The van der Waals surface area contributed by atoms with Crippen LogP contribution in [0, 0.1) is 6.92 Å². The lowest BCUT2D eigenvalue weighted by atomic mass is 10.0. The van der Waals surface area contributed by atoms with Gasteiger partial charge in [-0.25, -0.2) is 0 Å². The molecule has 136 valence electrons. The van der Waals surface area contributed by atoms with Crippen molar-refractivity contribution in [1.82, 2.24) is 10.2 Å². The van der Waals surface area contributed by atoms with Gasteiger partial charge in [-0.15, -0.1) is 11.3 Å². The molecule has 6 heteroatoms. The second-order valence-corrected chi connectivity index (χ2v) is 6.60. The van der Waals surface area contributed by atoms with Gasteiger partial charge in [0.1, 0.15) is 11.4 Å². The van der Waals surface area contributed by atoms with Gasteiger partial charge in [0.05, 0.1) is 14.2 Å². The first kappa shape index (κ1) is 17.4. The lowest BCUT2D eigenvalue weighted by Gasteiger charge is -2.15. The lowest BCUT2D eigenvalue weighted by molar-refractivity contribution is -0.593. The summed E-state index contributed by atoms with van der Waals surface area (Å²) >= 11 is 6.11. The van der Waals surface area contributed by atoms with Crippen LogP contribution in [0.3, 0.4) is 0 Å². The van der Waals surface area contributed by atoms with E-state index in [9.17, 15) is 0 Å². The predicted octanol–water partition coefficient (Wildman–Crippen LogP) is 4.11. The molecule has 0 fully saturated rings. The molecular formula is C21H18ClN3O2. The molecule has 0 aliphatic carbocycles. The maximum Gasteiger partial charge on any atom is 0.311 e. The van der Waals surface area contributed by atoms with Gasteiger partial charge in [0, 0.05) is 22.0 Å². The largest absolute Gasteiger partial charge is 0.493 e. The van der Waals surface area contributed by atoms with E-state index in [1.807, 2.05) is 49.4 Å². The fourth-order valence-corrected chi connectivity index (χ4v) is 3.46. The Bertz CT molecular complexity index is 1110. The minimum absolute atomic E-state index is 0.671. The van der Waals surface area contributed by atoms with Crippen LogP contribution in [0.5, 0.6) is 11.5 Å². The zero-order valence-corrected chi connectivity index (χ0v) is 16.0. The van der Waals surface area contributed by atoms with Gasteiger partial charge in [0.2, 0.25) is 0 Å². The average molecular weight is 380 g/mol. The molecule has 5 nitrogen and oxygen atoms in total. The number of rotatable bonds is 4. The highest BCUT2D eigenvalue weighted by molar-refractivity contribution is 6.30. The van der Waals surface area contributed by atoms with Crippen LogP contribution in [0.15, 0.2) is 54.7 Å². The molecule has 0 amide bonds. The van der Waals surface area contributed by atoms with Crippen molar-refractivity contribution in [3.8, 4) is 28.6 Å².